The number of phenolic OH excluding ortho intramolecular Hbond substituents is 4. The average molecular weight is 648 g/mol. The van der Waals surface area contributed by atoms with E-state index in [4.69, 9.17) is 0 Å². The first-order valence-electron chi connectivity index (χ1n) is 15.3. The van der Waals surface area contributed by atoms with Gasteiger partial charge in [-0.15, -0.1) is 0 Å². The second-order valence-corrected chi connectivity index (χ2v) is 11.2. The Hall–Kier alpha value is -6.22. The zero-order chi connectivity index (χ0) is 34.2. The van der Waals surface area contributed by atoms with Crippen molar-refractivity contribution in [3.63, 3.8) is 0 Å². The quantitative estimate of drug-likeness (QED) is 0.120. The zero-order valence-corrected chi connectivity index (χ0v) is 27.7. The molecule has 4 aromatic heterocycles. The normalized spacial score (nSPS) is 10.2. The first kappa shape index (κ1) is 35.6. The Balaban J connectivity index is 0.000000146. The van der Waals surface area contributed by atoms with E-state index in [0.29, 0.717) is 22.1 Å². The van der Waals surface area contributed by atoms with Gasteiger partial charge in [-0.05, 0) is 76.2 Å². The van der Waals surface area contributed by atoms with E-state index in [0.717, 1.165) is 44.3 Å². The van der Waals surface area contributed by atoms with E-state index in [1.165, 1.54) is 0 Å². The lowest BCUT2D eigenvalue weighted by atomic mass is 10.2. The summed E-state index contributed by atoms with van der Waals surface area (Å²) in [6.07, 6.45) is 0. The first-order valence-corrected chi connectivity index (χ1v) is 15.3. The number of benzene rings is 4. The Morgan fingerprint density at radius 3 is 0.714 bits per heavy atom. The van der Waals surface area contributed by atoms with Gasteiger partial charge in [-0.25, -0.2) is 19.9 Å². The van der Waals surface area contributed by atoms with Crippen LogP contribution >= 0.6 is 0 Å². The number of hydrogen-bond acceptors (Lipinski definition) is 8. The van der Waals surface area contributed by atoms with Crippen molar-refractivity contribution >= 4 is 52.0 Å². The lowest BCUT2D eigenvalue weighted by Gasteiger charge is -1.99. The summed E-state index contributed by atoms with van der Waals surface area (Å²) in [7, 11) is 0. The second-order valence-electron chi connectivity index (χ2n) is 11.2. The summed E-state index contributed by atoms with van der Waals surface area (Å²) in [6, 6.07) is 37.1. The van der Waals surface area contributed by atoms with Gasteiger partial charge in [-0.3, -0.25) is 0 Å². The molecule has 4 heterocycles. The molecule has 0 amide bonds. The molecule has 0 fully saturated rings. The largest absolute Gasteiger partial charge is 0.506 e. The van der Waals surface area contributed by atoms with E-state index in [2.05, 4.69) is 19.9 Å². The van der Waals surface area contributed by atoms with E-state index in [-0.39, 0.29) is 31.4 Å². The van der Waals surface area contributed by atoms with Crippen LogP contribution in [0, 0.1) is 27.7 Å². The minimum absolute atomic E-state index is 0. The maximum absolute atomic E-state index is 9.43. The molecule has 9 heteroatoms. The third-order valence-electron chi connectivity index (χ3n) is 7.35. The molecule has 49 heavy (non-hydrogen) atoms. The molecule has 0 aliphatic carbocycles. The third-order valence-corrected chi connectivity index (χ3v) is 7.35. The molecule has 0 saturated carbocycles. The molecule has 8 nitrogen and oxygen atoms in total. The molecule has 0 aliphatic heterocycles. The fourth-order valence-corrected chi connectivity index (χ4v) is 4.92. The molecule has 0 saturated heterocycles. The number of phenols is 4. The maximum atomic E-state index is 9.43. The van der Waals surface area contributed by atoms with Crippen LogP contribution in [-0.4, -0.2) is 48.8 Å². The molecule has 8 rings (SSSR count). The number of aromatic hydroxyl groups is 4. The fourth-order valence-electron chi connectivity index (χ4n) is 4.92. The molecule has 243 valence electrons. The van der Waals surface area contributed by atoms with Crippen LogP contribution in [0.4, 0.5) is 0 Å². The molecule has 4 N–H and O–H groups in total. The summed E-state index contributed by atoms with van der Waals surface area (Å²) in [5, 5.41) is 41.6. The van der Waals surface area contributed by atoms with Crippen molar-refractivity contribution in [3.8, 4) is 23.0 Å². The zero-order valence-electron chi connectivity index (χ0n) is 27.7. The Labute approximate surface area is 286 Å². The van der Waals surface area contributed by atoms with E-state index >= 15 is 0 Å². The van der Waals surface area contributed by atoms with Crippen molar-refractivity contribution < 1.29 is 20.4 Å². The van der Waals surface area contributed by atoms with Gasteiger partial charge < -0.3 is 20.4 Å². The Morgan fingerprint density at radius 2 is 0.510 bits per heavy atom. The van der Waals surface area contributed by atoms with Crippen LogP contribution in [0.25, 0.3) is 43.6 Å². The molecule has 8 aromatic rings. The number of pyridine rings is 4. The van der Waals surface area contributed by atoms with Gasteiger partial charge in [-0.2, -0.15) is 0 Å². The molecular weight excluding hydrogens is 611 g/mol. The summed E-state index contributed by atoms with van der Waals surface area (Å²) in [5.74, 6) is 0.986. The minimum atomic E-state index is 0. The SMILES string of the molecule is Cc1ccc2cccc(O)c2n1.Cc1ccc2cccc(O)c2n1.Cc1ccc2cccc(O)c2n1.Cc1ccc2cccc(O)c2n1.[B]. The number of aryl methyl sites for hydroxylation is 4. The standard InChI is InChI=1S/4C10H9NO.B/c4*1-7-5-6-8-3-2-4-9(12)10(8)11-7;/h4*2-6,12H,1H3;. The van der Waals surface area contributed by atoms with Crippen molar-refractivity contribution in [1.29, 1.82) is 0 Å². The monoisotopic (exact) mass is 647 g/mol. The number of rotatable bonds is 0. The Kier molecular flexibility index (Phi) is 11.7. The van der Waals surface area contributed by atoms with Gasteiger partial charge in [0.15, 0.2) is 0 Å². The summed E-state index contributed by atoms with van der Waals surface area (Å²) in [6.45, 7) is 7.63. The van der Waals surface area contributed by atoms with Crippen LogP contribution in [0.2, 0.25) is 0 Å². The molecular formula is C40H36BN4O4. The molecule has 0 atom stereocenters. The Bertz CT molecular complexity index is 2030. The molecule has 0 bridgehead atoms. The van der Waals surface area contributed by atoms with Gasteiger partial charge in [0.2, 0.25) is 0 Å². The number of nitrogens with zero attached hydrogens (tertiary/aromatic N) is 4. The molecule has 0 spiro atoms. The highest BCUT2D eigenvalue weighted by Crippen LogP contribution is 2.24. The number of hydrogen-bond donors (Lipinski definition) is 4. The van der Waals surface area contributed by atoms with Crippen molar-refractivity contribution in [1.82, 2.24) is 19.9 Å². The van der Waals surface area contributed by atoms with Gasteiger partial charge in [0.25, 0.3) is 0 Å². The topological polar surface area (TPSA) is 132 Å². The van der Waals surface area contributed by atoms with Gasteiger partial charge in [-0.1, -0.05) is 72.8 Å². The smallest absolute Gasteiger partial charge is 0.141 e. The maximum Gasteiger partial charge on any atom is 0.141 e. The third kappa shape index (κ3) is 8.99. The van der Waals surface area contributed by atoms with E-state index in [9.17, 15) is 20.4 Å². The van der Waals surface area contributed by atoms with Crippen LogP contribution < -0.4 is 0 Å². The van der Waals surface area contributed by atoms with Crippen molar-refractivity contribution in [2.75, 3.05) is 0 Å². The van der Waals surface area contributed by atoms with Crippen molar-refractivity contribution in [2.24, 2.45) is 0 Å². The van der Waals surface area contributed by atoms with Crippen LogP contribution in [-0.2, 0) is 0 Å². The molecule has 4 aromatic carbocycles. The van der Waals surface area contributed by atoms with Gasteiger partial charge in [0, 0.05) is 52.7 Å². The van der Waals surface area contributed by atoms with Gasteiger partial charge >= 0.3 is 0 Å². The molecule has 3 radical (unpaired) electrons. The number of para-hydroxylation sites is 4. The van der Waals surface area contributed by atoms with Crippen LogP contribution in [0.1, 0.15) is 22.8 Å². The number of aromatic nitrogens is 4. The van der Waals surface area contributed by atoms with Crippen molar-refractivity contribution in [2.45, 2.75) is 27.7 Å². The van der Waals surface area contributed by atoms with Gasteiger partial charge in [0.1, 0.15) is 45.1 Å². The highest BCUT2D eigenvalue weighted by molar-refractivity contribution is 5.86. The Morgan fingerprint density at radius 1 is 0.306 bits per heavy atom. The van der Waals surface area contributed by atoms with Crippen molar-refractivity contribution in [3.05, 3.63) is 144 Å². The van der Waals surface area contributed by atoms with Crippen LogP contribution in [0.15, 0.2) is 121 Å². The predicted octanol–water partition coefficient (Wildman–Crippen LogP) is 8.61. The second kappa shape index (κ2) is 16.1. The average Bonchev–Trinajstić information content (AvgIpc) is 3.07. The highest BCUT2D eigenvalue weighted by Gasteiger charge is 2.02. The van der Waals surface area contributed by atoms with Crippen LogP contribution in [0.5, 0.6) is 23.0 Å². The predicted molar refractivity (Wildman–Crippen MR) is 198 cm³/mol. The molecule has 0 unspecified atom stereocenters. The first-order chi connectivity index (χ1) is 23.1. The minimum Gasteiger partial charge on any atom is -0.506 e. The van der Waals surface area contributed by atoms with E-state index in [1.807, 2.05) is 125 Å². The highest BCUT2D eigenvalue weighted by atomic mass is 16.3. The lowest BCUT2D eigenvalue weighted by Crippen LogP contribution is -1.82. The summed E-state index contributed by atoms with van der Waals surface area (Å²) in [5.41, 5.74) is 6.39. The van der Waals surface area contributed by atoms with Crippen LogP contribution in [0.3, 0.4) is 0 Å². The lowest BCUT2D eigenvalue weighted by molar-refractivity contribution is 0.480. The summed E-state index contributed by atoms with van der Waals surface area (Å²) >= 11 is 0. The van der Waals surface area contributed by atoms with E-state index < -0.39 is 0 Å². The van der Waals surface area contributed by atoms with Gasteiger partial charge in [0.05, 0.1) is 0 Å². The summed E-state index contributed by atoms with van der Waals surface area (Å²) < 4.78 is 0. The number of fused-ring (bicyclic) bond motifs is 4. The fraction of sp³-hybridized carbons (Fsp3) is 0.100. The summed E-state index contributed by atoms with van der Waals surface area (Å²) in [4.78, 5) is 16.9. The molecule has 0 aliphatic rings. The van der Waals surface area contributed by atoms with E-state index in [1.54, 1.807) is 24.3 Å².